The number of likely N-dealkylation sites (N-methyl/N-ethyl adjacent to an activating group) is 2. The summed E-state index contributed by atoms with van der Waals surface area (Å²) in [4.78, 5) is 29.6. The Morgan fingerprint density at radius 1 is 0.714 bits per heavy atom. The largest absolute Gasteiger partial charge is 0.383 e. The molecule has 1 aromatic carbocycles. The number of allylic oxidation sites excluding steroid dienone is 2. The van der Waals surface area contributed by atoms with Gasteiger partial charge in [0.2, 0.25) is 0 Å². The van der Waals surface area contributed by atoms with Crippen molar-refractivity contribution in [3.63, 3.8) is 0 Å². The number of rotatable bonds is 11. The summed E-state index contributed by atoms with van der Waals surface area (Å²) in [6.45, 7) is 17.9. The Balaban J connectivity index is 0.000000171. The maximum atomic E-state index is 5.39. The van der Waals surface area contributed by atoms with E-state index in [4.69, 9.17) is 19.7 Å². The first-order valence-corrected chi connectivity index (χ1v) is 17.5. The molecule has 0 amide bonds. The van der Waals surface area contributed by atoms with Gasteiger partial charge in [0.1, 0.15) is 36.4 Å². The first kappa shape index (κ1) is 34.2. The van der Waals surface area contributed by atoms with Gasteiger partial charge >= 0.3 is 0 Å². The number of benzene rings is 1. The summed E-state index contributed by atoms with van der Waals surface area (Å²) in [6, 6.07) is 10.5. The fraction of sp³-hybridized carbons (Fsp3) is 0.459. The number of unbranched alkanes of at least 4 members (excludes halogenated alkanes) is 1. The second kappa shape index (κ2) is 15.3. The van der Waals surface area contributed by atoms with Crippen molar-refractivity contribution in [3.8, 4) is 0 Å². The predicted molar refractivity (Wildman–Crippen MR) is 194 cm³/mol. The molecule has 0 saturated carbocycles. The Morgan fingerprint density at radius 2 is 1.22 bits per heavy atom. The number of hydrogen-bond donors (Lipinski definition) is 2. The smallest absolute Gasteiger partial charge is 0.139 e. The monoisotopic (exact) mass is 668 g/mol. The second-order valence-electron chi connectivity index (χ2n) is 12.8. The van der Waals surface area contributed by atoms with Crippen molar-refractivity contribution in [1.82, 2.24) is 40.4 Å². The van der Waals surface area contributed by atoms with Gasteiger partial charge in [0.25, 0.3) is 0 Å². The number of fused-ring (bicyclic) bond motifs is 4. The molecule has 49 heavy (non-hydrogen) atoms. The van der Waals surface area contributed by atoms with Crippen LogP contribution in [0.25, 0.3) is 0 Å². The lowest BCUT2D eigenvalue weighted by Crippen LogP contribution is -2.43. The van der Waals surface area contributed by atoms with Crippen LogP contribution in [0.1, 0.15) is 53.0 Å². The van der Waals surface area contributed by atoms with Crippen LogP contribution in [0.2, 0.25) is 0 Å². The van der Waals surface area contributed by atoms with Crippen LogP contribution in [0, 0.1) is 0 Å². The lowest BCUT2D eigenvalue weighted by atomic mass is 10.1. The van der Waals surface area contributed by atoms with E-state index in [0.29, 0.717) is 13.3 Å². The third-order valence-electron chi connectivity index (χ3n) is 9.48. The molecule has 1 aromatic rings. The molecule has 0 radical (unpaired) electrons. The molecule has 6 aliphatic heterocycles. The highest BCUT2D eigenvalue weighted by atomic mass is 16.7. The molecule has 7 rings (SSSR count). The lowest BCUT2D eigenvalue weighted by Gasteiger charge is -2.40. The topological polar surface area (TPSA) is 86.7 Å². The van der Waals surface area contributed by atoms with Gasteiger partial charge in [0.05, 0.1) is 61.8 Å². The molecule has 262 valence electrons. The maximum absolute atomic E-state index is 5.39. The number of hydrogen-bond acceptors (Lipinski definition) is 12. The minimum Gasteiger partial charge on any atom is -0.383 e. The van der Waals surface area contributed by atoms with Crippen LogP contribution < -0.4 is 10.6 Å². The zero-order valence-corrected chi connectivity index (χ0v) is 30.2. The fourth-order valence-corrected chi connectivity index (χ4v) is 6.84. The molecule has 6 heterocycles. The molecule has 6 aliphatic rings. The number of nitrogens with one attached hydrogen (secondary N) is 2. The summed E-state index contributed by atoms with van der Waals surface area (Å²) in [5.41, 5.74) is 10.5. The van der Waals surface area contributed by atoms with Gasteiger partial charge in [-0.3, -0.25) is 9.68 Å². The minimum absolute atomic E-state index is 0.679. The highest BCUT2D eigenvalue weighted by molar-refractivity contribution is 5.83. The van der Waals surface area contributed by atoms with Gasteiger partial charge in [0, 0.05) is 39.3 Å². The lowest BCUT2D eigenvalue weighted by molar-refractivity contribution is -0.0971. The summed E-state index contributed by atoms with van der Waals surface area (Å²) >= 11 is 0. The quantitative estimate of drug-likeness (QED) is 0.320. The third kappa shape index (κ3) is 6.93. The van der Waals surface area contributed by atoms with E-state index in [-0.39, 0.29) is 0 Å². The molecular formula is C37H52N10O2. The van der Waals surface area contributed by atoms with Gasteiger partial charge in [0.15, 0.2) is 0 Å². The average Bonchev–Trinajstić information content (AvgIpc) is 3.76. The van der Waals surface area contributed by atoms with Crippen molar-refractivity contribution >= 4 is 12.4 Å². The van der Waals surface area contributed by atoms with E-state index >= 15 is 0 Å². The van der Waals surface area contributed by atoms with Gasteiger partial charge in [-0.15, -0.1) is 0 Å². The van der Waals surface area contributed by atoms with E-state index in [9.17, 15) is 0 Å². The molecule has 2 N–H and O–H groups in total. The normalized spacial score (nSPS) is 19.6. The molecule has 12 nitrogen and oxygen atoms in total. The van der Waals surface area contributed by atoms with Gasteiger partial charge in [-0.1, -0.05) is 43.7 Å². The molecule has 0 bridgehead atoms. The molecule has 0 atom stereocenters. The summed E-state index contributed by atoms with van der Waals surface area (Å²) in [5, 5.41) is 10.9. The predicted octanol–water partition coefficient (Wildman–Crippen LogP) is 4.83. The van der Waals surface area contributed by atoms with Crippen LogP contribution in [-0.2, 0) is 16.2 Å². The first-order valence-electron chi connectivity index (χ1n) is 17.5. The molecule has 0 aromatic heterocycles. The fourth-order valence-electron chi connectivity index (χ4n) is 6.84. The van der Waals surface area contributed by atoms with Gasteiger partial charge < -0.3 is 30.2 Å². The first-order chi connectivity index (χ1) is 23.9. The summed E-state index contributed by atoms with van der Waals surface area (Å²) in [7, 11) is 3.39. The minimum atomic E-state index is 0.679. The Labute approximate surface area is 291 Å². The SMILES string of the molecule is CCCCNC1=C(C)CN(CC)C2=C1N=CC1=CN(OC)CN12.CCN1CC(C)=C(NCc2ccccc2)C2=C1N1CN(OC)C=C1C=N2. The molecule has 0 unspecified atom stereocenters. The van der Waals surface area contributed by atoms with E-state index in [0.717, 1.165) is 73.6 Å². The van der Waals surface area contributed by atoms with Crippen molar-refractivity contribution in [2.75, 3.05) is 60.3 Å². The summed E-state index contributed by atoms with van der Waals surface area (Å²) in [5.74, 6) is 2.34. The maximum Gasteiger partial charge on any atom is 0.139 e. The number of nitrogens with zero attached hydrogens (tertiary/aromatic N) is 8. The van der Waals surface area contributed by atoms with E-state index in [1.807, 2.05) is 41.0 Å². The van der Waals surface area contributed by atoms with Crippen molar-refractivity contribution in [2.24, 2.45) is 9.98 Å². The van der Waals surface area contributed by atoms with E-state index < -0.39 is 0 Å². The third-order valence-corrected chi connectivity index (χ3v) is 9.48. The Morgan fingerprint density at radius 3 is 1.69 bits per heavy atom. The zero-order valence-electron chi connectivity index (χ0n) is 30.2. The highest BCUT2D eigenvalue weighted by Crippen LogP contribution is 2.37. The van der Waals surface area contributed by atoms with Crippen LogP contribution in [0.15, 0.2) is 110 Å². The molecule has 0 spiro atoms. The van der Waals surface area contributed by atoms with E-state index in [1.165, 1.54) is 41.1 Å². The Hall–Kier alpha value is -4.68. The Kier molecular flexibility index (Phi) is 10.6. The van der Waals surface area contributed by atoms with Crippen LogP contribution in [0.3, 0.4) is 0 Å². The van der Waals surface area contributed by atoms with Gasteiger partial charge in [-0.05, 0) is 50.8 Å². The molecule has 12 heteroatoms. The highest BCUT2D eigenvalue weighted by Gasteiger charge is 2.37. The standard InChI is InChI=1S/C20H25N5O.C17H27N5O/c1-4-23-12-15(2)18(21-10-16-8-6-5-7-9-16)19-20(23)25-14-24(26-3)13-17(25)11-22-19;1-5-7-8-18-15-13(3)10-20(6-2)17-16(15)19-9-14-11-21(23-4)12-22(14)17/h5-9,11,13,21H,4,10,12,14H2,1-3H3;9,11,18H,5-8,10,12H2,1-4H3. The molecular weight excluding hydrogens is 616 g/mol. The van der Waals surface area contributed by atoms with Crippen molar-refractivity contribution in [3.05, 3.63) is 105 Å². The Bertz CT molecular complexity index is 1640. The van der Waals surface area contributed by atoms with E-state index in [1.54, 1.807) is 14.2 Å². The van der Waals surface area contributed by atoms with Crippen molar-refractivity contribution in [1.29, 1.82) is 0 Å². The van der Waals surface area contributed by atoms with Crippen LogP contribution in [0.4, 0.5) is 0 Å². The van der Waals surface area contributed by atoms with Crippen molar-refractivity contribution in [2.45, 2.75) is 54.0 Å². The van der Waals surface area contributed by atoms with E-state index in [2.05, 4.69) is 89.1 Å². The summed E-state index contributed by atoms with van der Waals surface area (Å²) < 4.78 is 0. The molecule has 0 fully saturated rings. The van der Waals surface area contributed by atoms with Gasteiger partial charge in [-0.2, -0.15) is 0 Å². The second-order valence-corrected chi connectivity index (χ2v) is 12.8. The van der Waals surface area contributed by atoms with Crippen LogP contribution in [0.5, 0.6) is 0 Å². The zero-order chi connectivity index (χ0) is 34.5. The van der Waals surface area contributed by atoms with Gasteiger partial charge in [-0.25, -0.2) is 20.1 Å². The summed E-state index contributed by atoms with van der Waals surface area (Å²) in [6.07, 6.45) is 10.2. The number of aliphatic imine (C=N–C) groups is 2. The molecule has 0 saturated heterocycles. The molecule has 0 aliphatic carbocycles. The average molecular weight is 669 g/mol. The number of hydroxylamine groups is 4. The van der Waals surface area contributed by atoms with Crippen molar-refractivity contribution < 1.29 is 9.68 Å². The van der Waals surface area contributed by atoms with Crippen LogP contribution in [-0.4, -0.2) is 102 Å². The van der Waals surface area contributed by atoms with Crippen LogP contribution >= 0.6 is 0 Å².